The van der Waals surface area contributed by atoms with Crippen LogP contribution in [0.15, 0.2) is 41.3 Å². The number of benzene rings is 1. The number of hydrogen-bond donors (Lipinski definition) is 1. The molecule has 1 aromatic carbocycles. The molecule has 0 bridgehead atoms. The first-order valence-electron chi connectivity index (χ1n) is 7.93. The van der Waals surface area contributed by atoms with Gasteiger partial charge in [0.1, 0.15) is 0 Å². The molecule has 0 amide bonds. The normalized spacial score (nSPS) is 20.7. The quantitative estimate of drug-likeness (QED) is 0.941. The fraction of sp³-hybridized carbons (Fsp3) is 0.389. The predicted octanol–water partition coefficient (Wildman–Crippen LogP) is 3.15. The molecule has 0 saturated heterocycles. The molecule has 2 aromatic rings. The Morgan fingerprint density at radius 2 is 2.13 bits per heavy atom. The summed E-state index contributed by atoms with van der Waals surface area (Å²) in [5.41, 5.74) is 1.15. The number of nitriles is 1. The second-order valence-corrected chi connectivity index (χ2v) is 5.97. The van der Waals surface area contributed by atoms with E-state index in [4.69, 9.17) is 10.00 Å². The van der Waals surface area contributed by atoms with E-state index in [0.717, 1.165) is 31.2 Å². The van der Waals surface area contributed by atoms with Crippen molar-refractivity contribution in [3.05, 3.63) is 46.9 Å². The zero-order valence-electron chi connectivity index (χ0n) is 12.9. The maximum absolute atomic E-state index is 12.2. The highest BCUT2D eigenvalue weighted by molar-refractivity contribution is 5.61. The lowest BCUT2D eigenvalue weighted by atomic mass is 9.83. The molecule has 1 aromatic heterocycles. The van der Waals surface area contributed by atoms with E-state index in [9.17, 15) is 4.79 Å². The number of aromatic nitrogens is 2. The second-order valence-electron chi connectivity index (χ2n) is 5.97. The van der Waals surface area contributed by atoms with Gasteiger partial charge in [-0.1, -0.05) is 36.8 Å². The molecule has 5 heteroatoms. The van der Waals surface area contributed by atoms with Crippen LogP contribution in [0.3, 0.4) is 0 Å². The molecule has 0 spiro atoms. The summed E-state index contributed by atoms with van der Waals surface area (Å²) in [5.74, 6) is 0.484. The van der Waals surface area contributed by atoms with Crippen LogP contribution in [0.1, 0.15) is 25.7 Å². The summed E-state index contributed by atoms with van der Waals surface area (Å²) in [4.78, 5) is 19.1. The summed E-state index contributed by atoms with van der Waals surface area (Å²) in [6, 6.07) is 12.0. The van der Waals surface area contributed by atoms with Gasteiger partial charge >= 0.3 is 0 Å². The van der Waals surface area contributed by atoms with Crippen LogP contribution in [0.5, 0.6) is 6.01 Å². The Morgan fingerprint density at radius 3 is 2.87 bits per heavy atom. The first-order valence-corrected chi connectivity index (χ1v) is 7.93. The molecule has 1 aliphatic rings. The Morgan fingerprint density at radius 1 is 1.30 bits per heavy atom. The molecular formula is C18H19N3O2. The third kappa shape index (κ3) is 3.78. The highest BCUT2D eigenvalue weighted by Crippen LogP contribution is 2.28. The molecule has 1 fully saturated rings. The summed E-state index contributed by atoms with van der Waals surface area (Å²) < 4.78 is 5.63. The van der Waals surface area contributed by atoms with Crippen LogP contribution in [0.4, 0.5) is 0 Å². The van der Waals surface area contributed by atoms with E-state index in [2.05, 4.69) is 16.0 Å². The first-order chi connectivity index (χ1) is 11.3. The van der Waals surface area contributed by atoms with Crippen LogP contribution in [0.2, 0.25) is 0 Å². The van der Waals surface area contributed by atoms with E-state index >= 15 is 0 Å². The summed E-state index contributed by atoms with van der Waals surface area (Å²) >= 11 is 0. The summed E-state index contributed by atoms with van der Waals surface area (Å²) in [6.07, 6.45) is 5.51. The van der Waals surface area contributed by atoms with Gasteiger partial charge in [0, 0.05) is 12.1 Å². The van der Waals surface area contributed by atoms with Crippen LogP contribution < -0.4 is 10.3 Å². The van der Waals surface area contributed by atoms with Gasteiger partial charge in [-0.25, -0.2) is 4.98 Å². The molecule has 1 heterocycles. The lowest BCUT2D eigenvalue weighted by Crippen LogP contribution is -2.22. The van der Waals surface area contributed by atoms with Crippen molar-refractivity contribution in [2.24, 2.45) is 11.8 Å². The van der Waals surface area contributed by atoms with Gasteiger partial charge in [0.2, 0.25) is 0 Å². The standard InChI is InChI=1S/C18H19N3O2/c19-10-13-5-4-6-14(9-13)12-23-18-20-11-16(17(22)21-18)15-7-2-1-3-8-15/h1-3,7-8,11,13-14H,4-6,9,12H2,(H,20,21,22). The Hall–Kier alpha value is -2.61. The van der Waals surface area contributed by atoms with Crippen LogP contribution in [0.25, 0.3) is 11.1 Å². The number of H-pyrrole nitrogens is 1. The molecule has 1 aliphatic carbocycles. The van der Waals surface area contributed by atoms with Gasteiger partial charge in [-0.2, -0.15) is 5.26 Å². The number of nitrogens with zero attached hydrogens (tertiary/aromatic N) is 2. The van der Waals surface area contributed by atoms with Crippen molar-refractivity contribution in [3.63, 3.8) is 0 Å². The fourth-order valence-corrected chi connectivity index (χ4v) is 3.03. The maximum atomic E-state index is 12.2. The van der Waals surface area contributed by atoms with Gasteiger partial charge in [0.25, 0.3) is 11.6 Å². The first kappa shape index (κ1) is 15.3. The van der Waals surface area contributed by atoms with Gasteiger partial charge in [-0.3, -0.25) is 9.78 Å². The molecule has 2 unspecified atom stereocenters. The van der Waals surface area contributed by atoms with Crippen LogP contribution in [0, 0.1) is 23.2 Å². The van der Waals surface area contributed by atoms with Gasteiger partial charge in [0.05, 0.1) is 18.2 Å². The SMILES string of the molecule is N#CC1CCCC(COc2ncc(-c3ccccc3)c(=O)[nH]2)C1. The maximum Gasteiger partial charge on any atom is 0.296 e. The Labute approximate surface area is 135 Å². The zero-order chi connectivity index (χ0) is 16.1. The fourth-order valence-electron chi connectivity index (χ4n) is 3.03. The number of rotatable bonds is 4. The number of nitrogens with one attached hydrogen (secondary N) is 1. The zero-order valence-corrected chi connectivity index (χ0v) is 12.9. The number of aromatic amines is 1. The van der Waals surface area contributed by atoms with Crippen molar-refractivity contribution >= 4 is 0 Å². The van der Waals surface area contributed by atoms with E-state index < -0.39 is 0 Å². The highest BCUT2D eigenvalue weighted by atomic mass is 16.5. The van der Waals surface area contributed by atoms with Crippen molar-refractivity contribution in [3.8, 4) is 23.2 Å². The van der Waals surface area contributed by atoms with Gasteiger partial charge in [-0.15, -0.1) is 0 Å². The van der Waals surface area contributed by atoms with Crippen LogP contribution >= 0.6 is 0 Å². The lowest BCUT2D eigenvalue weighted by Gasteiger charge is -2.24. The number of hydrogen-bond acceptors (Lipinski definition) is 4. The minimum Gasteiger partial charge on any atom is -0.464 e. The van der Waals surface area contributed by atoms with Gasteiger partial charge in [-0.05, 0) is 30.7 Å². The Kier molecular flexibility index (Phi) is 4.72. The minimum atomic E-state index is -0.209. The molecule has 1 saturated carbocycles. The third-order valence-electron chi connectivity index (χ3n) is 4.28. The lowest BCUT2D eigenvalue weighted by molar-refractivity contribution is 0.181. The van der Waals surface area contributed by atoms with Crippen molar-refractivity contribution in [1.82, 2.24) is 9.97 Å². The summed E-state index contributed by atoms with van der Waals surface area (Å²) in [7, 11) is 0. The van der Waals surface area contributed by atoms with Crippen molar-refractivity contribution in [2.75, 3.05) is 6.61 Å². The smallest absolute Gasteiger partial charge is 0.296 e. The summed E-state index contributed by atoms with van der Waals surface area (Å²) in [6.45, 7) is 0.492. The van der Waals surface area contributed by atoms with Crippen molar-refractivity contribution < 1.29 is 4.74 Å². The predicted molar refractivity (Wildman–Crippen MR) is 86.8 cm³/mol. The molecule has 2 atom stereocenters. The van der Waals surface area contributed by atoms with Crippen LogP contribution in [-0.4, -0.2) is 16.6 Å². The minimum absolute atomic E-state index is 0.129. The molecule has 1 N–H and O–H groups in total. The monoisotopic (exact) mass is 309 g/mol. The van der Waals surface area contributed by atoms with E-state index in [-0.39, 0.29) is 17.5 Å². The third-order valence-corrected chi connectivity index (χ3v) is 4.28. The molecular weight excluding hydrogens is 290 g/mol. The molecule has 118 valence electrons. The Bertz CT molecular complexity index is 749. The molecule has 5 nitrogen and oxygen atoms in total. The average Bonchev–Trinajstić information content (AvgIpc) is 2.61. The number of ether oxygens (including phenoxy) is 1. The highest BCUT2D eigenvalue weighted by Gasteiger charge is 2.22. The molecule has 0 radical (unpaired) electrons. The summed E-state index contributed by atoms with van der Waals surface area (Å²) in [5, 5.41) is 9.02. The van der Waals surface area contributed by atoms with E-state index in [1.165, 1.54) is 0 Å². The van der Waals surface area contributed by atoms with Crippen LogP contribution in [-0.2, 0) is 0 Å². The average molecular weight is 309 g/mol. The molecule has 3 rings (SSSR count). The second kappa shape index (κ2) is 7.10. The van der Waals surface area contributed by atoms with E-state index in [1.807, 2.05) is 30.3 Å². The van der Waals surface area contributed by atoms with Gasteiger partial charge in [0.15, 0.2) is 0 Å². The van der Waals surface area contributed by atoms with E-state index in [0.29, 0.717) is 18.1 Å². The largest absolute Gasteiger partial charge is 0.464 e. The Balaban J connectivity index is 1.65. The molecule has 0 aliphatic heterocycles. The van der Waals surface area contributed by atoms with Crippen molar-refractivity contribution in [1.29, 1.82) is 5.26 Å². The molecule has 23 heavy (non-hydrogen) atoms. The van der Waals surface area contributed by atoms with Crippen molar-refractivity contribution in [2.45, 2.75) is 25.7 Å². The van der Waals surface area contributed by atoms with Gasteiger partial charge < -0.3 is 4.74 Å². The topological polar surface area (TPSA) is 78.8 Å². The van der Waals surface area contributed by atoms with E-state index in [1.54, 1.807) is 6.20 Å².